The monoisotopic (exact) mass is 231 g/mol. The molecular formula is C11H9N3O3. The molecule has 2 rings (SSSR count). The summed E-state index contributed by atoms with van der Waals surface area (Å²) in [5, 5.41) is 0. The van der Waals surface area contributed by atoms with Crippen molar-refractivity contribution in [3.8, 4) is 0 Å². The van der Waals surface area contributed by atoms with Crippen molar-refractivity contribution in [3.63, 3.8) is 0 Å². The van der Waals surface area contributed by atoms with E-state index in [0.29, 0.717) is 5.56 Å². The summed E-state index contributed by atoms with van der Waals surface area (Å²) in [5.41, 5.74) is -0.916. The molecule has 0 atom stereocenters. The number of aromatic amines is 2. The molecular weight excluding hydrogens is 222 g/mol. The van der Waals surface area contributed by atoms with E-state index in [4.69, 9.17) is 0 Å². The molecule has 0 radical (unpaired) electrons. The van der Waals surface area contributed by atoms with E-state index in [1.54, 1.807) is 30.3 Å². The van der Waals surface area contributed by atoms with E-state index in [9.17, 15) is 14.4 Å². The first-order valence-corrected chi connectivity index (χ1v) is 4.93. The number of carbonyl (C=O) groups is 1. The molecule has 0 bridgehead atoms. The molecule has 6 nitrogen and oxygen atoms in total. The molecule has 17 heavy (non-hydrogen) atoms. The molecule has 1 heterocycles. The van der Waals surface area contributed by atoms with Gasteiger partial charge in [0.2, 0.25) is 0 Å². The van der Waals surface area contributed by atoms with Crippen molar-refractivity contribution in [2.45, 2.75) is 6.42 Å². The Balaban J connectivity index is 2.25. The molecule has 0 saturated heterocycles. The van der Waals surface area contributed by atoms with E-state index in [-0.39, 0.29) is 18.0 Å². The van der Waals surface area contributed by atoms with E-state index in [0.717, 1.165) is 0 Å². The summed E-state index contributed by atoms with van der Waals surface area (Å²) in [4.78, 5) is 41.4. The second kappa shape index (κ2) is 4.56. The molecule has 86 valence electrons. The highest BCUT2D eigenvalue weighted by Gasteiger charge is 2.08. The summed E-state index contributed by atoms with van der Waals surface area (Å²) in [7, 11) is 0. The topological polar surface area (TPSA) is 95.7 Å². The zero-order valence-corrected chi connectivity index (χ0v) is 8.77. The predicted molar refractivity (Wildman–Crippen MR) is 60.0 cm³/mol. The van der Waals surface area contributed by atoms with Crippen LogP contribution in [0.5, 0.6) is 0 Å². The van der Waals surface area contributed by atoms with Crippen LogP contribution in [-0.4, -0.2) is 20.7 Å². The van der Waals surface area contributed by atoms with Gasteiger partial charge in [0, 0.05) is 5.56 Å². The van der Waals surface area contributed by atoms with Crippen molar-refractivity contribution in [1.82, 2.24) is 15.0 Å². The van der Waals surface area contributed by atoms with Crippen LogP contribution in [-0.2, 0) is 6.42 Å². The van der Waals surface area contributed by atoms with Crippen molar-refractivity contribution in [1.29, 1.82) is 0 Å². The number of Topliss-reactive ketones (excluding diaryl/α,β-unsaturated/α-hetero) is 1. The van der Waals surface area contributed by atoms with E-state index < -0.39 is 11.4 Å². The summed E-state index contributed by atoms with van der Waals surface area (Å²) in [6.45, 7) is 0. The predicted octanol–water partition coefficient (Wildman–Crippen LogP) is -0.116. The van der Waals surface area contributed by atoms with Crippen LogP contribution in [0.1, 0.15) is 16.2 Å². The lowest BCUT2D eigenvalue weighted by Crippen LogP contribution is -2.27. The number of nitrogens with zero attached hydrogens (tertiary/aromatic N) is 1. The summed E-state index contributed by atoms with van der Waals surface area (Å²) in [6, 6.07) is 8.59. The first kappa shape index (κ1) is 11.0. The second-order valence-electron chi connectivity index (χ2n) is 3.41. The van der Waals surface area contributed by atoms with Gasteiger partial charge < -0.3 is 0 Å². The zero-order valence-electron chi connectivity index (χ0n) is 8.77. The molecule has 0 unspecified atom stereocenters. The molecule has 6 heteroatoms. The molecule has 0 aliphatic rings. The third-order valence-electron chi connectivity index (χ3n) is 2.14. The summed E-state index contributed by atoms with van der Waals surface area (Å²) < 4.78 is 0. The van der Waals surface area contributed by atoms with Crippen LogP contribution < -0.4 is 11.4 Å². The molecule has 1 aromatic heterocycles. The summed E-state index contributed by atoms with van der Waals surface area (Å²) in [5.74, 6) is -0.146. The Bertz CT molecular complexity index is 615. The van der Waals surface area contributed by atoms with Crippen LogP contribution in [0.15, 0.2) is 39.9 Å². The quantitative estimate of drug-likeness (QED) is 0.720. The minimum atomic E-state index is -0.760. The normalized spacial score (nSPS) is 10.1. The Labute approximate surface area is 95.4 Å². The van der Waals surface area contributed by atoms with Crippen LogP contribution in [0.4, 0.5) is 0 Å². The SMILES string of the molecule is O=C(Cc1nc(=O)[nH]c(=O)[nH]1)c1ccccc1. The maximum atomic E-state index is 11.8. The minimum Gasteiger partial charge on any atom is -0.295 e. The Hall–Kier alpha value is -2.50. The average molecular weight is 231 g/mol. The minimum absolute atomic E-state index is 0.0626. The summed E-state index contributed by atoms with van der Waals surface area (Å²) >= 11 is 0. The Morgan fingerprint density at radius 1 is 1.12 bits per heavy atom. The third kappa shape index (κ3) is 2.75. The van der Waals surface area contributed by atoms with Crippen molar-refractivity contribution in [3.05, 3.63) is 62.7 Å². The maximum Gasteiger partial charge on any atom is 0.350 e. The number of ketones is 1. The molecule has 0 aliphatic carbocycles. The third-order valence-corrected chi connectivity index (χ3v) is 2.14. The van der Waals surface area contributed by atoms with Crippen molar-refractivity contribution in [2.75, 3.05) is 0 Å². The van der Waals surface area contributed by atoms with Gasteiger partial charge in [-0.3, -0.25) is 14.8 Å². The molecule has 0 fully saturated rings. The van der Waals surface area contributed by atoms with Gasteiger partial charge in [-0.25, -0.2) is 9.59 Å². The lowest BCUT2D eigenvalue weighted by Gasteiger charge is -1.99. The van der Waals surface area contributed by atoms with Gasteiger partial charge in [-0.2, -0.15) is 4.98 Å². The molecule has 0 spiro atoms. The molecule has 1 aromatic carbocycles. The molecule has 2 N–H and O–H groups in total. The lowest BCUT2D eigenvalue weighted by atomic mass is 10.1. The van der Waals surface area contributed by atoms with Gasteiger partial charge in [0.15, 0.2) is 5.78 Å². The smallest absolute Gasteiger partial charge is 0.295 e. The van der Waals surface area contributed by atoms with Crippen LogP contribution in [0.2, 0.25) is 0 Å². The highest BCUT2D eigenvalue weighted by molar-refractivity contribution is 5.97. The van der Waals surface area contributed by atoms with Gasteiger partial charge in [-0.15, -0.1) is 0 Å². The van der Waals surface area contributed by atoms with Crippen molar-refractivity contribution in [2.24, 2.45) is 0 Å². The Morgan fingerprint density at radius 3 is 2.47 bits per heavy atom. The number of aromatic nitrogens is 3. The van der Waals surface area contributed by atoms with Gasteiger partial charge in [0.1, 0.15) is 5.82 Å². The van der Waals surface area contributed by atoms with E-state index in [2.05, 4.69) is 9.97 Å². The molecule has 0 amide bonds. The van der Waals surface area contributed by atoms with Crippen LogP contribution in [0, 0.1) is 0 Å². The summed E-state index contributed by atoms with van der Waals surface area (Å²) in [6.07, 6.45) is -0.108. The second-order valence-corrected chi connectivity index (χ2v) is 3.41. The van der Waals surface area contributed by atoms with Gasteiger partial charge >= 0.3 is 11.4 Å². The fourth-order valence-corrected chi connectivity index (χ4v) is 1.40. The number of hydrogen-bond acceptors (Lipinski definition) is 4. The Kier molecular flexibility index (Phi) is 2.95. The van der Waals surface area contributed by atoms with Crippen LogP contribution >= 0.6 is 0 Å². The van der Waals surface area contributed by atoms with Crippen molar-refractivity contribution < 1.29 is 4.79 Å². The van der Waals surface area contributed by atoms with E-state index in [1.165, 1.54) is 0 Å². The van der Waals surface area contributed by atoms with E-state index >= 15 is 0 Å². The number of hydrogen-bond donors (Lipinski definition) is 2. The Morgan fingerprint density at radius 2 is 1.82 bits per heavy atom. The first-order valence-electron chi connectivity index (χ1n) is 4.93. The maximum absolute atomic E-state index is 11.8. The number of carbonyl (C=O) groups excluding carboxylic acids is 1. The van der Waals surface area contributed by atoms with Gasteiger partial charge in [-0.05, 0) is 0 Å². The largest absolute Gasteiger partial charge is 0.350 e. The van der Waals surface area contributed by atoms with Crippen molar-refractivity contribution >= 4 is 5.78 Å². The van der Waals surface area contributed by atoms with Gasteiger partial charge in [0.25, 0.3) is 0 Å². The number of H-pyrrole nitrogens is 2. The van der Waals surface area contributed by atoms with E-state index in [1.807, 2.05) is 4.98 Å². The molecule has 2 aromatic rings. The first-order chi connectivity index (χ1) is 8.15. The zero-order chi connectivity index (χ0) is 12.3. The van der Waals surface area contributed by atoms with Gasteiger partial charge in [0.05, 0.1) is 6.42 Å². The fraction of sp³-hybridized carbons (Fsp3) is 0.0909. The number of rotatable bonds is 3. The number of nitrogens with one attached hydrogen (secondary N) is 2. The fourth-order valence-electron chi connectivity index (χ4n) is 1.40. The standard InChI is InChI=1S/C11H9N3O3/c15-8(7-4-2-1-3-5-7)6-9-12-10(16)14-11(17)13-9/h1-5H,6H2,(H2,12,13,14,16,17). The highest BCUT2D eigenvalue weighted by Crippen LogP contribution is 2.02. The van der Waals surface area contributed by atoms with Crippen LogP contribution in [0.25, 0.3) is 0 Å². The average Bonchev–Trinajstić information content (AvgIpc) is 2.28. The molecule has 0 aliphatic heterocycles. The van der Waals surface area contributed by atoms with Gasteiger partial charge in [-0.1, -0.05) is 30.3 Å². The lowest BCUT2D eigenvalue weighted by molar-refractivity contribution is 0.0990. The van der Waals surface area contributed by atoms with Crippen LogP contribution in [0.3, 0.4) is 0 Å². The highest BCUT2D eigenvalue weighted by atomic mass is 16.2. The molecule has 0 saturated carbocycles. The number of benzene rings is 1.